The summed E-state index contributed by atoms with van der Waals surface area (Å²) in [7, 11) is 3.57. The van der Waals surface area contributed by atoms with Crippen LogP contribution in [0.5, 0.6) is 0 Å². The monoisotopic (exact) mass is 209 g/mol. The summed E-state index contributed by atoms with van der Waals surface area (Å²) in [4.78, 5) is 8.88. The number of aryl methyl sites for hydroxylation is 1. The van der Waals surface area contributed by atoms with Crippen molar-refractivity contribution in [2.75, 3.05) is 19.5 Å². The van der Waals surface area contributed by atoms with Gasteiger partial charge in [0.1, 0.15) is 11.6 Å². The Morgan fingerprint density at radius 3 is 2.53 bits per heavy atom. The summed E-state index contributed by atoms with van der Waals surface area (Å²) < 4.78 is 5.20. The first-order valence-corrected chi connectivity index (χ1v) is 5.13. The average Bonchev–Trinajstić information content (AvgIpc) is 2.22. The molecule has 84 valence electrons. The van der Waals surface area contributed by atoms with Crippen LogP contribution in [0, 0.1) is 13.8 Å². The van der Waals surface area contributed by atoms with Gasteiger partial charge in [-0.05, 0) is 20.8 Å². The summed E-state index contributed by atoms with van der Waals surface area (Å²) in [6.07, 6.45) is 0.892. The molecule has 0 radical (unpaired) electrons. The van der Waals surface area contributed by atoms with Crippen molar-refractivity contribution in [1.82, 2.24) is 9.97 Å². The lowest BCUT2D eigenvalue weighted by atomic mass is 10.2. The van der Waals surface area contributed by atoms with Crippen LogP contribution in [0.3, 0.4) is 0 Å². The highest BCUT2D eigenvalue weighted by Crippen LogP contribution is 2.14. The lowest BCUT2D eigenvalue weighted by Gasteiger charge is -2.12. The topological polar surface area (TPSA) is 47.0 Å². The van der Waals surface area contributed by atoms with Gasteiger partial charge in [-0.15, -0.1) is 0 Å². The molecule has 1 heterocycles. The molecule has 15 heavy (non-hydrogen) atoms. The summed E-state index contributed by atoms with van der Waals surface area (Å²) in [5.41, 5.74) is 2.12. The Balaban J connectivity index is 2.95. The molecule has 0 bridgehead atoms. The van der Waals surface area contributed by atoms with E-state index in [4.69, 9.17) is 4.74 Å². The summed E-state index contributed by atoms with van der Waals surface area (Å²) in [6, 6.07) is 0. The lowest BCUT2D eigenvalue weighted by Crippen LogP contribution is -2.13. The van der Waals surface area contributed by atoms with Gasteiger partial charge in [-0.25, -0.2) is 9.97 Å². The zero-order valence-electron chi connectivity index (χ0n) is 10.1. The Morgan fingerprint density at radius 1 is 1.33 bits per heavy atom. The number of aromatic nitrogens is 2. The molecular formula is C11H19N3O. The number of nitrogens with zero attached hydrogens (tertiary/aromatic N) is 2. The predicted octanol–water partition coefficient (Wildman–Crippen LogP) is 1.71. The number of nitrogens with one attached hydrogen (secondary N) is 1. The largest absolute Gasteiger partial charge is 0.381 e. The van der Waals surface area contributed by atoms with Gasteiger partial charge in [0, 0.05) is 31.8 Å². The highest BCUT2D eigenvalue weighted by atomic mass is 16.5. The van der Waals surface area contributed by atoms with E-state index in [0.29, 0.717) is 0 Å². The van der Waals surface area contributed by atoms with Gasteiger partial charge >= 0.3 is 0 Å². The lowest BCUT2D eigenvalue weighted by molar-refractivity contribution is 0.117. The second-order valence-corrected chi connectivity index (χ2v) is 3.70. The maximum Gasteiger partial charge on any atom is 0.133 e. The Morgan fingerprint density at radius 2 is 2.00 bits per heavy atom. The molecular weight excluding hydrogens is 190 g/mol. The first-order chi connectivity index (χ1) is 7.08. The van der Waals surface area contributed by atoms with Crippen molar-refractivity contribution in [3.8, 4) is 0 Å². The fourth-order valence-electron chi connectivity index (χ4n) is 1.36. The Bertz CT molecular complexity index is 339. The number of rotatable bonds is 4. The molecule has 4 heteroatoms. The van der Waals surface area contributed by atoms with Gasteiger partial charge < -0.3 is 10.1 Å². The van der Waals surface area contributed by atoms with Crippen LogP contribution in [0.2, 0.25) is 0 Å². The molecule has 0 saturated heterocycles. The normalized spacial score (nSPS) is 12.6. The molecule has 1 unspecified atom stereocenters. The van der Waals surface area contributed by atoms with Crippen LogP contribution in [-0.4, -0.2) is 30.2 Å². The van der Waals surface area contributed by atoms with Gasteiger partial charge in [0.2, 0.25) is 0 Å². The van der Waals surface area contributed by atoms with E-state index in [1.165, 1.54) is 0 Å². The average molecular weight is 209 g/mol. The van der Waals surface area contributed by atoms with Gasteiger partial charge in [-0.2, -0.15) is 0 Å². The highest BCUT2D eigenvalue weighted by molar-refractivity contribution is 5.44. The number of hydrogen-bond donors (Lipinski definition) is 1. The van der Waals surface area contributed by atoms with Crippen molar-refractivity contribution in [3.05, 3.63) is 17.1 Å². The first-order valence-electron chi connectivity index (χ1n) is 5.13. The maximum atomic E-state index is 5.20. The molecule has 0 aromatic carbocycles. The van der Waals surface area contributed by atoms with Gasteiger partial charge in [-0.1, -0.05) is 0 Å². The molecule has 1 aromatic heterocycles. The van der Waals surface area contributed by atoms with Crippen LogP contribution in [-0.2, 0) is 11.2 Å². The van der Waals surface area contributed by atoms with Crippen molar-refractivity contribution in [3.63, 3.8) is 0 Å². The Kier molecular flexibility index (Phi) is 4.03. The molecule has 0 saturated carbocycles. The minimum Gasteiger partial charge on any atom is -0.381 e. The molecule has 4 nitrogen and oxygen atoms in total. The standard InChI is InChI=1S/C11H19N3O/c1-7(15-5)6-10-13-9(3)8(2)11(12-4)14-10/h7H,6H2,1-5H3,(H,12,13,14). The third-order valence-corrected chi connectivity index (χ3v) is 2.54. The highest BCUT2D eigenvalue weighted by Gasteiger charge is 2.09. The van der Waals surface area contributed by atoms with Crippen LogP contribution in [0.1, 0.15) is 24.0 Å². The molecule has 0 aliphatic rings. The van der Waals surface area contributed by atoms with E-state index in [0.717, 1.165) is 29.3 Å². The van der Waals surface area contributed by atoms with Crippen LogP contribution in [0.15, 0.2) is 0 Å². The molecule has 0 spiro atoms. The maximum absolute atomic E-state index is 5.20. The van der Waals surface area contributed by atoms with Crippen LogP contribution >= 0.6 is 0 Å². The molecule has 1 aromatic rings. The number of anilines is 1. The quantitative estimate of drug-likeness (QED) is 0.820. The molecule has 0 aliphatic carbocycles. The van der Waals surface area contributed by atoms with E-state index in [1.807, 2.05) is 27.8 Å². The van der Waals surface area contributed by atoms with Crippen molar-refractivity contribution in [2.45, 2.75) is 33.3 Å². The van der Waals surface area contributed by atoms with Gasteiger partial charge in [-0.3, -0.25) is 0 Å². The van der Waals surface area contributed by atoms with E-state index in [-0.39, 0.29) is 6.10 Å². The Hall–Kier alpha value is -1.16. The van der Waals surface area contributed by atoms with Crippen molar-refractivity contribution < 1.29 is 4.74 Å². The van der Waals surface area contributed by atoms with E-state index >= 15 is 0 Å². The number of ether oxygens (including phenoxy) is 1. The van der Waals surface area contributed by atoms with E-state index in [9.17, 15) is 0 Å². The Labute approximate surface area is 91.1 Å². The predicted molar refractivity (Wildman–Crippen MR) is 61.2 cm³/mol. The summed E-state index contributed by atoms with van der Waals surface area (Å²) in [5.74, 6) is 1.73. The minimum atomic E-state index is 0.150. The van der Waals surface area contributed by atoms with Gasteiger partial charge in [0.05, 0.1) is 6.10 Å². The second kappa shape index (κ2) is 5.07. The van der Waals surface area contributed by atoms with E-state index in [1.54, 1.807) is 7.11 Å². The fourth-order valence-corrected chi connectivity index (χ4v) is 1.36. The van der Waals surface area contributed by atoms with Crippen LogP contribution in [0.25, 0.3) is 0 Å². The molecule has 1 rings (SSSR count). The zero-order valence-corrected chi connectivity index (χ0v) is 10.1. The number of methoxy groups -OCH3 is 1. The summed E-state index contributed by atoms with van der Waals surface area (Å²) in [6.45, 7) is 6.03. The SMILES string of the molecule is CNc1nc(CC(C)OC)nc(C)c1C. The van der Waals surface area contributed by atoms with Crippen molar-refractivity contribution in [2.24, 2.45) is 0 Å². The smallest absolute Gasteiger partial charge is 0.133 e. The molecule has 0 fully saturated rings. The van der Waals surface area contributed by atoms with Gasteiger partial charge in [0.25, 0.3) is 0 Å². The van der Waals surface area contributed by atoms with Crippen LogP contribution < -0.4 is 5.32 Å². The summed E-state index contributed by atoms with van der Waals surface area (Å²) in [5, 5.41) is 3.08. The fraction of sp³-hybridized carbons (Fsp3) is 0.636. The third-order valence-electron chi connectivity index (χ3n) is 2.54. The van der Waals surface area contributed by atoms with Crippen molar-refractivity contribution >= 4 is 5.82 Å². The van der Waals surface area contributed by atoms with Gasteiger partial charge in [0.15, 0.2) is 0 Å². The molecule has 1 N–H and O–H groups in total. The molecule has 0 amide bonds. The first kappa shape index (κ1) is 11.9. The van der Waals surface area contributed by atoms with Crippen molar-refractivity contribution in [1.29, 1.82) is 0 Å². The summed E-state index contributed by atoms with van der Waals surface area (Å²) >= 11 is 0. The number of hydrogen-bond acceptors (Lipinski definition) is 4. The van der Waals surface area contributed by atoms with Crippen LogP contribution in [0.4, 0.5) is 5.82 Å². The minimum absolute atomic E-state index is 0.150. The third kappa shape index (κ3) is 2.89. The van der Waals surface area contributed by atoms with E-state index < -0.39 is 0 Å². The van der Waals surface area contributed by atoms with E-state index in [2.05, 4.69) is 15.3 Å². The molecule has 0 aliphatic heterocycles. The zero-order chi connectivity index (χ0) is 11.4. The second-order valence-electron chi connectivity index (χ2n) is 3.70. The molecule has 1 atom stereocenters.